The third-order valence-corrected chi connectivity index (χ3v) is 5.63. The summed E-state index contributed by atoms with van der Waals surface area (Å²) in [7, 11) is 0. The van der Waals surface area contributed by atoms with Crippen LogP contribution in [0.25, 0.3) is 33.4 Å². The Kier molecular flexibility index (Phi) is 5.71. The van der Waals surface area contributed by atoms with Crippen LogP contribution in [-0.4, -0.2) is 32.2 Å². The van der Waals surface area contributed by atoms with Gasteiger partial charge in [0, 0.05) is 41.0 Å². The number of nitrogens with zero attached hydrogens (tertiary/aromatic N) is 4. The van der Waals surface area contributed by atoms with E-state index in [-0.39, 0.29) is 12.4 Å². The van der Waals surface area contributed by atoms with E-state index >= 15 is 0 Å². The molecule has 4 aromatic rings. The lowest BCUT2D eigenvalue weighted by atomic mass is 9.89. The van der Waals surface area contributed by atoms with Crippen LogP contribution >= 0.6 is 12.4 Å². The van der Waals surface area contributed by atoms with Gasteiger partial charge in [-0.2, -0.15) is 5.10 Å². The number of primary amides is 1. The maximum Gasteiger partial charge on any atom is 0.267 e. The smallest absolute Gasteiger partial charge is 0.267 e. The first-order valence-corrected chi connectivity index (χ1v) is 10.1. The van der Waals surface area contributed by atoms with E-state index in [2.05, 4.69) is 16.0 Å². The summed E-state index contributed by atoms with van der Waals surface area (Å²) in [5, 5.41) is 5.82. The number of amides is 1. The average Bonchev–Trinajstić information content (AvgIpc) is 3.16. The van der Waals surface area contributed by atoms with Crippen LogP contribution in [0.1, 0.15) is 28.0 Å². The Labute approximate surface area is 185 Å². The lowest BCUT2D eigenvalue weighted by molar-refractivity contribution is 0.0988. The highest BCUT2D eigenvalue weighted by atomic mass is 35.5. The van der Waals surface area contributed by atoms with Crippen molar-refractivity contribution in [1.82, 2.24) is 19.7 Å². The number of rotatable bonds is 5. The highest BCUT2D eigenvalue weighted by molar-refractivity contribution is 5.95. The van der Waals surface area contributed by atoms with Crippen LogP contribution in [-0.2, 0) is 19.4 Å². The summed E-state index contributed by atoms with van der Waals surface area (Å²) in [5.41, 5.74) is 18.4. The van der Waals surface area contributed by atoms with E-state index in [0.29, 0.717) is 18.8 Å². The minimum atomic E-state index is -0.447. The number of carbonyl (C=O) groups excluding carboxylic acids is 1. The second-order valence-electron chi connectivity index (χ2n) is 7.55. The molecule has 31 heavy (non-hydrogen) atoms. The normalized spacial score (nSPS) is 12.2. The molecule has 0 radical (unpaired) electrons. The molecule has 1 aliphatic rings. The topological polar surface area (TPSA) is 113 Å². The molecule has 3 heterocycles. The molecule has 8 heteroatoms. The van der Waals surface area contributed by atoms with E-state index in [1.54, 1.807) is 4.68 Å². The predicted molar refractivity (Wildman–Crippen MR) is 123 cm³/mol. The van der Waals surface area contributed by atoms with Crippen LogP contribution in [0.5, 0.6) is 0 Å². The van der Waals surface area contributed by atoms with Gasteiger partial charge in [0.15, 0.2) is 0 Å². The average molecular weight is 435 g/mol. The molecule has 5 rings (SSSR count). The third kappa shape index (κ3) is 3.66. The third-order valence-electron chi connectivity index (χ3n) is 5.63. The van der Waals surface area contributed by atoms with Crippen molar-refractivity contribution < 1.29 is 4.79 Å². The molecule has 7 nitrogen and oxygen atoms in total. The van der Waals surface area contributed by atoms with Crippen LogP contribution in [0, 0.1) is 0 Å². The van der Waals surface area contributed by atoms with Gasteiger partial charge < -0.3 is 11.5 Å². The van der Waals surface area contributed by atoms with Crippen LogP contribution < -0.4 is 11.5 Å². The Balaban J connectivity index is 0.00000231. The van der Waals surface area contributed by atoms with Crippen LogP contribution in [0.3, 0.4) is 0 Å². The number of carbonyl (C=O) groups is 1. The van der Waals surface area contributed by atoms with Crippen molar-refractivity contribution in [2.75, 3.05) is 6.54 Å². The largest absolute Gasteiger partial charge is 0.364 e. The molecule has 1 aliphatic carbocycles. The molecule has 4 N–H and O–H groups in total. The fraction of sp³-hybridized carbons (Fsp3) is 0.217. The van der Waals surface area contributed by atoms with Crippen molar-refractivity contribution in [1.29, 1.82) is 0 Å². The maximum atomic E-state index is 12.2. The summed E-state index contributed by atoms with van der Waals surface area (Å²) in [6.45, 7) is 1.10. The monoisotopic (exact) mass is 434 g/mol. The number of aryl methyl sites for hydroxylation is 2. The Morgan fingerprint density at radius 1 is 1.10 bits per heavy atom. The summed E-state index contributed by atoms with van der Waals surface area (Å²) in [6, 6.07) is 12.1. The minimum Gasteiger partial charge on any atom is -0.364 e. The van der Waals surface area contributed by atoms with Gasteiger partial charge in [0.25, 0.3) is 5.91 Å². The van der Waals surface area contributed by atoms with Gasteiger partial charge in [-0.3, -0.25) is 19.4 Å². The minimum absolute atomic E-state index is 0. The highest BCUT2D eigenvalue weighted by Crippen LogP contribution is 2.36. The molecular formula is C23H23ClN6O. The zero-order valence-corrected chi connectivity index (χ0v) is 17.7. The van der Waals surface area contributed by atoms with Crippen molar-refractivity contribution >= 4 is 29.2 Å². The van der Waals surface area contributed by atoms with Gasteiger partial charge in [0.2, 0.25) is 0 Å². The maximum absolute atomic E-state index is 12.2. The van der Waals surface area contributed by atoms with Crippen LogP contribution in [0.4, 0.5) is 0 Å². The standard InChI is InChI=1S/C23H22N6O.ClH/c24-8-3-9-29-22(23(25)30)17-7-6-15-12-27-20(11-18(15)21(17)28-29)16-10-14-4-1-2-5-19(14)26-13-16;/h1-2,4-5,10-13H,3,6-9,24H2,(H2,25,30);1H. The van der Waals surface area contributed by atoms with Gasteiger partial charge in [-0.1, -0.05) is 18.2 Å². The summed E-state index contributed by atoms with van der Waals surface area (Å²) >= 11 is 0. The van der Waals surface area contributed by atoms with Crippen molar-refractivity contribution in [2.45, 2.75) is 25.8 Å². The van der Waals surface area contributed by atoms with E-state index in [1.165, 1.54) is 0 Å². The van der Waals surface area contributed by atoms with Crippen LogP contribution in [0.2, 0.25) is 0 Å². The molecule has 0 aliphatic heterocycles. The van der Waals surface area contributed by atoms with Crippen molar-refractivity contribution in [3.05, 3.63) is 65.6 Å². The summed E-state index contributed by atoms with van der Waals surface area (Å²) < 4.78 is 1.71. The van der Waals surface area contributed by atoms with Gasteiger partial charge >= 0.3 is 0 Å². The predicted octanol–water partition coefficient (Wildman–Crippen LogP) is 3.13. The number of benzene rings is 1. The first-order chi connectivity index (χ1) is 14.7. The number of hydrogen-bond donors (Lipinski definition) is 2. The molecular weight excluding hydrogens is 412 g/mol. The Morgan fingerprint density at radius 3 is 2.74 bits per heavy atom. The molecule has 1 aromatic carbocycles. The van der Waals surface area contributed by atoms with Crippen LogP contribution in [0.15, 0.2) is 48.8 Å². The number of nitrogens with two attached hydrogens (primary N) is 2. The van der Waals surface area contributed by atoms with Crippen molar-refractivity contribution in [3.63, 3.8) is 0 Å². The van der Waals surface area contributed by atoms with Gasteiger partial charge in [0.1, 0.15) is 5.69 Å². The second-order valence-corrected chi connectivity index (χ2v) is 7.55. The second kappa shape index (κ2) is 8.45. The number of aromatic nitrogens is 4. The lowest BCUT2D eigenvalue weighted by Crippen LogP contribution is -2.20. The van der Waals surface area contributed by atoms with E-state index in [0.717, 1.165) is 63.8 Å². The van der Waals surface area contributed by atoms with Gasteiger partial charge in [-0.05, 0) is 49.6 Å². The number of halogens is 1. The molecule has 158 valence electrons. The van der Waals surface area contributed by atoms with E-state index in [9.17, 15) is 4.79 Å². The molecule has 0 atom stereocenters. The van der Waals surface area contributed by atoms with E-state index in [4.69, 9.17) is 16.6 Å². The summed E-state index contributed by atoms with van der Waals surface area (Å²) in [5.74, 6) is -0.447. The quantitative estimate of drug-likeness (QED) is 0.501. The molecule has 0 fully saturated rings. The van der Waals surface area contributed by atoms with Gasteiger partial charge in [-0.15, -0.1) is 12.4 Å². The number of para-hydroxylation sites is 1. The Morgan fingerprint density at radius 2 is 1.94 bits per heavy atom. The first kappa shape index (κ1) is 21.0. The molecule has 0 spiro atoms. The molecule has 0 unspecified atom stereocenters. The Hall–Kier alpha value is -3.29. The summed E-state index contributed by atoms with van der Waals surface area (Å²) in [6.07, 6.45) is 6.01. The zero-order valence-electron chi connectivity index (χ0n) is 16.9. The number of fused-ring (bicyclic) bond motifs is 4. The highest BCUT2D eigenvalue weighted by Gasteiger charge is 2.27. The lowest BCUT2D eigenvalue weighted by Gasteiger charge is -2.16. The van der Waals surface area contributed by atoms with Crippen molar-refractivity contribution in [2.24, 2.45) is 11.5 Å². The molecule has 0 saturated carbocycles. The molecule has 0 bridgehead atoms. The number of hydrogen-bond acceptors (Lipinski definition) is 5. The van der Waals surface area contributed by atoms with E-state index in [1.807, 2.05) is 42.7 Å². The number of pyridine rings is 2. The SMILES string of the molecule is Cl.NCCCn1nc2c(c1C(N)=O)CCc1cnc(-c3cnc4ccccc4c3)cc1-2. The molecule has 0 saturated heterocycles. The van der Waals surface area contributed by atoms with Crippen molar-refractivity contribution in [3.8, 4) is 22.5 Å². The molecule has 3 aromatic heterocycles. The Bertz CT molecular complexity index is 1280. The first-order valence-electron chi connectivity index (χ1n) is 10.1. The molecule has 1 amide bonds. The van der Waals surface area contributed by atoms with Gasteiger partial charge in [-0.25, -0.2) is 0 Å². The van der Waals surface area contributed by atoms with Gasteiger partial charge in [0.05, 0.1) is 16.9 Å². The zero-order chi connectivity index (χ0) is 20.7. The fourth-order valence-electron chi connectivity index (χ4n) is 4.16. The summed E-state index contributed by atoms with van der Waals surface area (Å²) in [4.78, 5) is 21.4. The van der Waals surface area contributed by atoms with E-state index < -0.39 is 5.91 Å². The fourth-order valence-corrected chi connectivity index (χ4v) is 4.16.